The third-order valence-corrected chi connectivity index (χ3v) is 4.65. The minimum absolute atomic E-state index is 0.137. The van der Waals surface area contributed by atoms with E-state index in [1.54, 1.807) is 4.90 Å². The summed E-state index contributed by atoms with van der Waals surface area (Å²) >= 11 is 0. The number of nitrogens with zero attached hydrogens (tertiary/aromatic N) is 5. The summed E-state index contributed by atoms with van der Waals surface area (Å²) in [5.74, 6) is 0.944. The van der Waals surface area contributed by atoms with E-state index in [1.807, 2.05) is 36.6 Å². The Morgan fingerprint density at radius 3 is 2.62 bits per heavy atom. The number of amides is 1. The molecule has 6 nitrogen and oxygen atoms in total. The summed E-state index contributed by atoms with van der Waals surface area (Å²) in [6, 6.07) is 11.2. The van der Waals surface area contributed by atoms with E-state index >= 15 is 0 Å². The number of benzene rings is 1. The van der Waals surface area contributed by atoms with Crippen LogP contribution in [-0.2, 0) is 6.54 Å². The fourth-order valence-corrected chi connectivity index (χ4v) is 3.28. The first-order chi connectivity index (χ1) is 12.5. The zero-order valence-corrected chi connectivity index (χ0v) is 14.6. The summed E-state index contributed by atoms with van der Waals surface area (Å²) in [6.07, 6.45) is 0. The van der Waals surface area contributed by atoms with Gasteiger partial charge in [-0.1, -0.05) is 6.07 Å². The van der Waals surface area contributed by atoms with E-state index in [1.165, 1.54) is 24.3 Å². The molecule has 26 heavy (non-hydrogen) atoms. The highest BCUT2D eigenvalue weighted by Gasteiger charge is 2.32. The molecule has 3 aromatic rings. The molecule has 1 aliphatic heterocycles. The number of aryl methyl sites for hydroxylation is 1. The lowest BCUT2D eigenvalue weighted by atomic mass is 10.1. The van der Waals surface area contributed by atoms with E-state index in [-0.39, 0.29) is 17.8 Å². The van der Waals surface area contributed by atoms with Crippen molar-refractivity contribution in [1.82, 2.24) is 24.6 Å². The molecule has 7 heteroatoms. The quantitative estimate of drug-likeness (QED) is 0.712. The first-order valence-electron chi connectivity index (χ1n) is 8.48. The molecule has 132 valence electrons. The topological polar surface area (TPSA) is 63.9 Å². The summed E-state index contributed by atoms with van der Waals surface area (Å²) in [7, 11) is 0. The van der Waals surface area contributed by atoms with Crippen molar-refractivity contribution in [3.63, 3.8) is 0 Å². The highest BCUT2D eigenvalue weighted by Crippen LogP contribution is 2.29. The zero-order chi connectivity index (χ0) is 18.3. The van der Waals surface area contributed by atoms with Crippen LogP contribution in [0.4, 0.5) is 4.39 Å². The molecule has 1 amide bonds. The van der Waals surface area contributed by atoms with Crippen LogP contribution < -0.4 is 0 Å². The van der Waals surface area contributed by atoms with Gasteiger partial charge in [-0.15, -0.1) is 10.2 Å². The second-order valence-corrected chi connectivity index (χ2v) is 6.38. The summed E-state index contributed by atoms with van der Waals surface area (Å²) in [6.45, 7) is 4.98. The number of pyridine rings is 1. The van der Waals surface area contributed by atoms with Crippen LogP contribution in [0.1, 0.15) is 34.8 Å². The molecule has 1 atom stereocenters. The maximum absolute atomic E-state index is 13.1. The van der Waals surface area contributed by atoms with E-state index in [0.717, 1.165) is 17.2 Å². The molecule has 0 saturated carbocycles. The Morgan fingerprint density at radius 1 is 1.12 bits per heavy atom. The van der Waals surface area contributed by atoms with Crippen molar-refractivity contribution < 1.29 is 9.18 Å². The second kappa shape index (κ2) is 6.33. The van der Waals surface area contributed by atoms with Crippen LogP contribution in [0.5, 0.6) is 0 Å². The van der Waals surface area contributed by atoms with Crippen molar-refractivity contribution in [1.29, 1.82) is 0 Å². The molecule has 0 radical (unpaired) electrons. The Bertz CT molecular complexity index is 966. The van der Waals surface area contributed by atoms with Gasteiger partial charge in [0.05, 0.1) is 6.04 Å². The number of aromatic nitrogens is 4. The Balaban J connectivity index is 1.64. The lowest BCUT2D eigenvalue weighted by Gasteiger charge is -2.33. The fourth-order valence-electron chi connectivity index (χ4n) is 3.28. The molecule has 4 rings (SSSR count). The van der Waals surface area contributed by atoms with Crippen LogP contribution in [0.2, 0.25) is 0 Å². The zero-order valence-electron chi connectivity index (χ0n) is 14.6. The standard InChI is InChI=1S/C19H18FN5O/c1-12-4-3-5-16(21-12)18-23-22-17-13(2)24(10-11-25(17)18)19(26)14-6-8-15(20)9-7-14/h3-9,13H,10-11H2,1-2H3/t13-/m1/s1. The summed E-state index contributed by atoms with van der Waals surface area (Å²) < 4.78 is 15.1. The Hall–Kier alpha value is -3.09. The maximum atomic E-state index is 13.1. The van der Waals surface area contributed by atoms with Gasteiger partial charge < -0.3 is 9.47 Å². The number of carbonyl (C=O) groups excluding carboxylic acids is 1. The first kappa shape index (κ1) is 16.4. The fraction of sp³-hybridized carbons (Fsp3) is 0.263. The van der Waals surface area contributed by atoms with Gasteiger partial charge in [0.2, 0.25) is 0 Å². The molecule has 0 aliphatic carbocycles. The molecule has 1 aliphatic rings. The van der Waals surface area contributed by atoms with Crippen LogP contribution in [-0.4, -0.2) is 37.1 Å². The van der Waals surface area contributed by atoms with Crippen molar-refractivity contribution in [3.8, 4) is 11.5 Å². The minimum atomic E-state index is -0.358. The molecule has 1 aromatic carbocycles. The molecule has 0 bridgehead atoms. The van der Waals surface area contributed by atoms with Crippen molar-refractivity contribution in [2.24, 2.45) is 0 Å². The molecular formula is C19H18FN5O. The van der Waals surface area contributed by atoms with Crippen LogP contribution >= 0.6 is 0 Å². The molecule has 0 fully saturated rings. The molecule has 0 spiro atoms. The number of carbonyl (C=O) groups is 1. The Morgan fingerprint density at radius 2 is 1.88 bits per heavy atom. The van der Waals surface area contributed by atoms with Crippen molar-refractivity contribution in [3.05, 3.63) is 65.4 Å². The van der Waals surface area contributed by atoms with Gasteiger partial charge in [0.1, 0.15) is 11.5 Å². The van der Waals surface area contributed by atoms with E-state index in [4.69, 9.17) is 0 Å². The highest BCUT2D eigenvalue weighted by atomic mass is 19.1. The number of rotatable bonds is 2. The van der Waals surface area contributed by atoms with Gasteiger partial charge in [-0.3, -0.25) is 4.79 Å². The van der Waals surface area contributed by atoms with Crippen LogP contribution in [0, 0.1) is 12.7 Å². The van der Waals surface area contributed by atoms with Crippen molar-refractivity contribution >= 4 is 5.91 Å². The minimum Gasteiger partial charge on any atom is -0.327 e. The normalized spacial score (nSPS) is 16.4. The molecule has 2 aromatic heterocycles. The molecule has 0 unspecified atom stereocenters. The van der Waals surface area contributed by atoms with Gasteiger partial charge in [-0.2, -0.15) is 0 Å². The lowest BCUT2D eigenvalue weighted by Crippen LogP contribution is -2.41. The van der Waals surface area contributed by atoms with Crippen LogP contribution in [0.3, 0.4) is 0 Å². The number of hydrogen-bond acceptors (Lipinski definition) is 4. The van der Waals surface area contributed by atoms with Gasteiger partial charge in [0.25, 0.3) is 5.91 Å². The SMILES string of the molecule is Cc1cccc(-c2nnc3n2CCN(C(=O)c2ccc(F)cc2)[C@@H]3C)n1. The summed E-state index contributed by atoms with van der Waals surface area (Å²) in [4.78, 5) is 19.0. The molecule has 0 N–H and O–H groups in total. The average molecular weight is 351 g/mol. The summed E-state index contributed by atoms with van der Waals surface area (Å²) in [5.41, 5.74) is 2.15. The van der Waals surface area contributed by atoms with Crippen molar-refractivity contribution in [2.75, 3.05) is 6.54 Å². The Labute approximate surface area is 150 Å². The first-order valence-corrected chi connectivity index (χ1v) is 8.48. The molecule has 3 heterocycles. The van der Waals surface area contributed by atoms with Gasteiger partial charge in [0.15, 0.2) is 11.6 Å². The number of halogens is 1. The third kappa shape index (κ3) is 2.75. The van der Waals surface area contributed by atoms with Gasteiger partial charge in [-0.05, 0) is 50.2 Å². The number of fused-ring (bicyclic) bond motifs is 1. The largest absolute Gasteiger partial charge is 0.327 e. The predicted octanol–water partition coefficient (Wildman–Crippen LogP) is 3.00. The smallest absolute Gasteiger partial charge is 0.254 e. The van der Waals surface area contributed by atoms with Gasteiger partial charge >= 0.3 is 0 Å². The van der Waals surface area contributed by atoms with E-state index in [2.05, 4.69) is 15.2 Å². The van der Waals surface area contributed by atoms with E-state index in [0.29, 0.717) is 24.5 Å². The Kier molecular flexibility index (Phi) is 3.99. The average Bonchev–Trinajstić information content (AvgIpc) is 3.07. The highest BCUT2D eigenvalue weighted by molar-refractivity contribution is 5.94. The monoisotopic (exact) mass is 351 g/mol. The third-order valence-electron chi connectivity index (χ3n) is 4.65. The lowest BCUT2D eigenvalue weighted by molar-refractivity contribution is 0.0638. The van der Waals surface area contributed by atoms with Crippen LogP contribution in [0.15, 0.2) is 42.5 Å². The second-order valence-electron chi connectivity index (χ2n) is 6.38. The predicted molar refractivity (Wildman–Crippen MR) is 93.8 cm³/mol. The van der Waals surface area contributed by atoms with Crippen molar-refractivity contribution in [2.45, 2.75) is 26.4 Å². The number of hydrogen-bond donors (Lipinski definition) is 0. The van der Waals surface area contributed by atoms with Gasteiger partial charge in [0, 0.05) is 24.3 Å². The van der Waals surface area contributed by atoms with Gasteiger partial charge in [-0.25, -0.2) is 9.37 Å². The van der Waals surface area contributed by atoms with Crippen LogP contribution in [0.25, 0.3) is 11.5 Å². The summed E-state index contributed by atoms with van der Waals surface area (Å²) in [5, 5.41) is 8.60. The molecule has 0 saturated heterocycles. The molecular weight excluding hydrogens is 333 g/mol. The maximum Gasteiger partial charge on any atom is 0.254 e. The van der Waals surface area contributed by atoms with E-state index in [9.17, 15) is 9.18 Å². The van der Waals surface area contributed by atoms with E-state index < -0.39 is 0 Å².